The first-order valence-corrected chi connectivity index (χ1v) is 7.19. The Morgan fingerprint density at radius 3 is 2.77 bits per heavy atom. The lowest BCUT2D eigenvalue weighted by Crippen LogP contribution is -2.07. The Kier molecular flexibility index (Phi) is 4.31. The maximum atomic E-state index is 9.51. The molecule has 2 aromatic rings. The SMILES string of the molecule is COc1cc(-c2cccc([C@@H]3COB(O)C3)c2)cnc1OC. The van der Waals surface area contributed by atoms with Crippen molar-refractivity contribution in [3.63, 3.8) is 0 Å². The van der Waals surface area contributed by atoms with Gasteiger partial charge in [-0.15, -0.1) is 0 Å². The highest BCUT2D eigenvalue weighted by atomic mass is 16.5. The van der Waals surface area contributed by atoms with Gasteiger partial charge in [-0.3, -0.25) is 0 Å². The first kappa shape index (κ1) is 14.9. The minimum atomic E-state index is -0.656. The molecule has 1 fully saturated rings. The van der Waals surface area contributed by atoms with Gasteiger partial charge < -0.3 is 19.2 Å². The van der Waals surface area contributed by atoms with Gasteiger partial charge in [0.2, 0.25) is 0 Å². The molecule has 5 nitrogen and oxygen atoms in total. The standard InChI is InChI=1S/C16H18BNO4/c1-20-15-7-13(9-18-16(15)21-2)11-4-3-5-12(6-11)14-8-17(19)22-10-14/h3-7,9,14,19H,8,10H2,1-2H3/t14-/m0/s1. The molecule has 0 spiro atoms. The summed E-state index contributed by atoms with van der Waals surface area (Å²) in [5.74, 6) is 1.29. The van der Waals surface area contributed by atoms with Crippen LogP contribution >= 0.6 is 0 Å². The number of methoxy groups -OCH3 is 2. The molecule has 1 N–H and O–H groups in total. The molecule has 0 bridgehead atoms. The van der Waals surface area contributed by atoms with Crippen LogP contribution in [0.3, 0.4) is 0 Å². The molecule has 0 amide bonds. The Hall–Kier alpha value is -2.05. The molecule has 3 rings (SSSR count). The molecule has 1 aromatic heterocycles. The minimum Gasteiger partial charge on any atom is -0.491 e. The van der Waals surface area contributed by atoms with Gasteiger partial charge in [-0.05, 0) is 23.5 Å². The molecule has 22 heavy (non-hydrogen) atoms. The molecule has 2 heterocycles. The molecule has 1 aliphatic rings. The molecule has 0 saturated carbocycles. The van der Waals surface area contributed by atoms with Gasteiger partial charge in [0.25, 0.3) is 5.88 Å². The maximum absolute atomic E-state index is 9.51. The van der Waals surface area contributed by atoms with Gasteiger partial charge in [0.1, 0.15) is 0 Å². The summed E-state index contributed by atoms with van der Waals surface area (Å²) in [5.41, 5.74) is 3.16. The van der Waals surface area contributed by atoms with E-state index in [1.54, 1.807) is 20.4 Å². The summed E-state index contributed by atoms with van der Waals surface area (Å²) < 4.78 is 15.7. The highest BCUT2D eigenvalue weighted by Gasteiger charge is 2.29. The number of pyridine rings is 1. The van der Waals surface area contributed by atoms with Crippen molar-refractivity contribution in [2.45, 2.75) is 12.2 Å². The predicted octanol–water partition coefficient (Wildman–Crippen LogP) is 2.36. The largest absolute Gasteiger partial charge is 0.491 e. The van der Waals surface area contributed by atoms with Gasteiger partial charge in [-0.1, -0.05) is 24.3 Å². The van der Waals surface area contributed by atoms with Crippen LogP contribution in [-0.4, -0.2) is 38.0 Å². The van der Waals surface area contributed by atoms with E-state index in [4.69, 9.17) is 14.1 Å². The van der Waals surface area contributed by atoms with E-state index in [0.29, 0.717) is 24.6 Å². The summed E-state index contributed by atoms with van der Waals surface area (Å²) in [6.45, 7) is 0.550. The van der Waals surface area contributed by atoms with Crippen LogP contribution in [0.5, 0.6) is 11.6 Å². The number of hydrogen-bond donors (Lipinski definition) is 1. The van der Waals surface area contributed by atoms with Crippen LogP contribution in [0.25, 0.3) is 11.1 Å². The van der Waals surface area contributed by atoms with E-state index in [0.717, 1.165) is 16.7 Å². The van der Waals surface area contributed by atoms with Crippen molar-refractivity contribution in [2.75, 3.05) is 20.8 Å². The average molecular weight is 299 g/mol. The van der Waals surface area contributed by atoms with Crippen molar-refractivity contribution in [2.24, 2.45) is 0 Å². The molecule has 114 valence electrons. The third kappa shape index (κ3) is 2.93. The Morgan fingerprint density at radius 1 is 1.23 bits per heavy atom. The first-order valence-electron chi connectivity index (χ1n) is 7.19. The molecule has 1 aromatic carbocycles. The fraction of sp³-hybridized carbons (Fsp3) is 0.312. The van der Waals surface area contributed by atoms with E-state index in [9.17, 15) is 5.02 Å². The van der Waals surface area contributed by atoms with Crippen molar-refractivity contribution in [3.05, 3.63) is 42.1 Å². The van der Waals surface area contributed by atoms with Crippen molar-refractivity contribution in [3.8, 4) is 22.8 Å². The Labute approximate surface area is 130 Å². The Bertz CT molecular complexity index is 664. The molecule has 1 saturated heterocycles. The van der Waals surface area contributed by atoms with Crippen LogP contribution in [0, 0.1) is 0 Å². The van der Waals surface area contributed by atoms with Crippen LogP contribution in [0.15, 0.2) is 36.5 Å². The van der Waals surface area contributed by atoms with Gasteiger partial charge in [-0.2, -0.15) is 0 Å². The number of nitrogens with zero attached hydrogens (tertiary/aromatic N) is 1. The fourth-order valence-corrected chi connectivity index (χ4v) is 2.70. The second-order valence-electron chi connectivity index (χ2n) is 5.28. The van der Waals surface area contributed by atoms with Crippen LogP contribution in [0.2, 0.25) is 6.32 Å². The van der Waals surface area contributed by atoms with Crippen LogP contribution in [0.4, 0.5) is 0 Å². The topological polar surface area (TPSA) is 60.8 Å². The van der Waals surface area contributed by atoms with Crippen molar-refractivity contribution < 1.29 is 19.2 Å². The summed E-state index contributed by atoms with van der Waals surface area (Å²) in [7, 11) is 2.50. The third-order valence-corrected chi connectivity index (χ3v) is 3.90. The third-order valence-electron chi connectivity index (χ3n) is 3.90. The fourth-order valence-electron chi connectivity index (χ4n) is 2.70. The average Bonchev–Trinajstić information content (AvgIpc) is 3.01. The second kappa shape index (κ2) is 6.38. The van der Waals surface area contributed by atoms with E-state index in [2.05, 4.69) is 17.1 Å². The number of aromatic nitrogens is 1. The number of ether oxygens (including phenoxy) is 2. The van der Waals surface area contributed by atoms with Crippen LogP contribution < -0.4 is 9.47 Å². The summed E-state index contributed by atoms with van der Waals surface area (Å²) in [5, 5.41) is 9.51. The summed E-state index contributed by atoms with van der Waals surface area (Å²) >= 11 is 0. The molecule has 0 unspecified atom stereocenters. The monoisotopic (exact) mass is 299 g/mol. The van der Waals surface area contributed by atoms with Gasteiger partial charge in [0.15, 0.2) is 5.75 Å². The number of hydrogen-bond acceptors (Lipinski definition) is 5. The Balaban J connectivity index is 1.92. The van der Waals surface area contributed by atoms with Crippen LogP contribution in [0.1, 0.15) is 11.5 Å². The zero-order chi connectivity index (χ0) is 15.5. The maximum Gasteiger partial charge on any atom is 0.454 e. The van der Waals surface area contributed by atoms with E-state index >= 15 is 0 Å². The lowest BCUT2D eigenvalue weighted by Gasteiger charge is -2.12. The van der Waals surface area contributed by atoms with E-state index in [1.165, 1.54) is 0 Å². The summed E-state index contributed by atoms with van der Waals surface area (Å²) in [4.78, 5) is 4.27. The summed E-state index contributed by atoms with van der Waals surface area (Å²) in [6, 6.07) is 10.1. The predicted molar refractivity (Wildman–Crippen MR) is 84.2 cm³/mol. The molecule has 0 radical (unpaired) electrons. The Morgan fingerprint density at radius 2 is 2.09 bits per heavy atom. The van der Waals surface area contributed by atoms with E-state index in [1.807, 2.05) is 18.2 Å². The molecule has 0 aliphatic carbocycles. The van der Waals surface area contributed by atoms with Gasteiger partial charge in [0, 0.05) is 24.3 Å². The lowest BCUT2D eigenvalue weighted by molar-refractivity contribution is 0.292. The highest BCUT2D eigenvalue weighted by Crippen LogP contribution is 2.33. The molecular weight excluding hydrogens is 281 g/mol. The zero-order valence-electron chi connectivity index (χ0n) is 12.7. The van der Waals surface area contributed by atoms with Gasteiger partial charge in [0.05, 0.1) is 14.2 Å². The zero-order valence-corrected chi connectivity index (χ0v) is 12.7. The second-order valence-corrected chi connectivity index (χ2v) is 5.28. The molecular formula is C16H18BNO4. The van der Waals surface area contributed by atoms with E-state index in [-0.39, 0.29) is 5.92 Å². The normalized spacial score (nSPS) is 17.6. The van der Waals surface area contributed by atoms with Crippen molar-refractivity contribution in [1.29, 1.82) is 0 Å². The van der Waals surface area contributed by atoms with Gasteiger partial charge >= 0.3 is 7.12 Å². The summed E-state index contributed by atoms with van der Waals surface area (Å²) in [6.07, 6.45) is 2.40. The molecule has 1 aliphatic heterocycles. The smallest absolute Gasteiger partial charge is 0.454 e. The minimum absolute atomic E-state index is 0.225. The quantitative estimate of drug-likeness (QED) is 0.878. The molecule has 1 atom stereocenters. The van der Waals surface area contributed by atoms with Gasteiger partial charge in [-0.25, -0.2) is 4.98 Å². The number of rotatable bonds is 4. The number of benzene rings is 1. The van der Waals surface area contributed by atoms with Crippen molar-refractivity contribution in [1.82, 2.24) is 4.98 Å². The van der Waals surface area contributed by atoms with E-state index < -0.39 is 7.12 Å². The van der Waals surface area contributed by atoms with Crippen LogP contribution in [-0.2, 0) is 4.65 Å². The lowest BCUT2D eigenvalue weighted by atomic mass is 9.79. The van der Waals surface area contributed by atoms with Crippen molar-refractivity contribution >= 4 is 7.12 Å². The molecule has 6 heteroatoms. The first-order chi connectivity index (χ1) is 10.7. The highest BCUT2D eigenvalue weighted by molar-refractivity contribution is 6.43.